The molecule has 3 aromatic carbocycles. The standard InChI is InChI=1S/C27H26N2O6S/c1-33-22-13-20(27(32)35-3)21(14-23(22)34-2)28-25(31)18-9-11-19(12-10-18)26-29(24(30)16-36-26)15-17-7-5-4-6-8-17/h4-14,26H,15-16H2,1-3H3,(H,28,31)/t26-/m1/s1. The summed E-state index contributed by atoms with van der Waals surface area (Å²) >= 11 is 1.56. The van der Waals surface area contributed by atoms with E-state index in [1.807, 2.05) is 47.4 Å². The number of anilines is 1. The van der Waals surface area contributed by atoms with Gasteiger partial charge in [0.2, 0.25) is 5.91 Å². The van der Waals surface area contributed by atoms with E-state index in [1.54, 1.807) is 23.9 Å². The molecule has 3 aromatic rings. The maximum Gasteiger partial charge on any atom is 0.340 e. The number of benzene rings is 3. The highest BCUT2D eigenvalue weighted by molar-refractivity contribution is 8.00. The lowest BCUT2D eigenvalue weighted by atomic mass is 10.1. The lowest BCUT2D eigenvalue weighted by Gasteiger charge is -2.24. The molecule has 1 saturated heterocycles. The van der Waals surface area contributed by atoms with Crippen LogP contribution >= 0.6 is 11.8 Å². The van der Waals surface area contributed by atoms with Crippen LogP contribution in [0.15, 0.2) is 66.7 Å². The molecule has 0 bridgehead atoms. The van der Waals surface area contributed by atoms with Crippen LogP contribution in [0.1, 0.15) is 37.2 Å². The third kappa shape index (κ3) is 5.31. The van der Waals surface area contributed by atoms with Crippen LogP contribution in [0.5, 0.6) is 11.5 Å². The average molecular weight is 507 g/mol. The third-order valence-electron chi connectivity index (χ3n) is 5.80. The Kier molecular flexibility index (Phi) is 7.80. The highest BCUT2D eigenvalue weighted by Gasteiger charge is 2.32. The van der Waals surface area contributed by atoms with E-state index in [4.69, 9.17) is 14.2 Å². The first-order valence-corrected chi connectivity index (χ1v) is 12.2. The molecule has 36 heavy (non-hydrogen) atoms. The van der Waals surface area contributed by atoms with E-state index >= 15 is 0 Å². The molecule has 1 heterocycles. The molecule has 0 aliphatic carbocycles. The molecule has 9 heteroatoms. The number of carbonyl (C=O) groups excluding carboxylic acids is 3. The van der Waals surface area contributed by atoms with Gasteiger partial charge in [-0.2, -0.15) is 0 Å². The Labute approximate surface area is 213 Å². The summed E-state index contributed by atoms with van der Waals surface area (Å²) in [4.78, 5) is 39.7. The number of ether oxygens (including phenoxy) is 3. The van der Waals surface area contributed by atoms with Gasteiger partial charge in [0.15, 0.2) is 11.5 Å². The van der Waals surface area contributed by atoms with Crippen molar-refractivity contribution in [2.75, 3.05) is 32.4 Å². The van der Waals surface area contributed by atoms with Crippen molar-refractivity contribution in [3.05, 3.63) is 89.0 Å². The first-order chi connectivity index (χ1) is 17.4. The van der Waals surface area contributed by atoms with Crippen molar-refractivity contribution in [3.63, 3.8) is 0 Å². The van der Waals surface area contributed by atoms with Gasteiger partial charge in [0.05, 0.1) is 38.3 Å². The zero-order valence-corrected chi connectivity index (χ0v) is 21.0. The van der Waals surface area contributed by atoms with Crippen molar-refractivity contribution < 1.29 is 28.6 Å². The molecular formula is C27H26N2O6S. The summed E-state index contributed by atoms with van der Waals surface area (Å²) in [5.74, 6) is 0.161. The molecule has 0 unspecified atom stereocenters. The van der Waals surface area contributed by atoms with Gasteiger partial charge in [-0.25, -0.2) is 4.79 Å². The summed E-state index contributed by atoms with van der Waals surface area (Å²) in [7, 11) is 4.18. The monoisotopic (exact) mass is 506 g/mol. The van der Waals surface area contributed by atoms with Gasteiger partial charge in [0, 0.05) is 24.2 Å². The summed E-state index contributed by atoms with van der Waals surface area (Å²) in [6, 6.07) is 19.9. The Morgan fingerprint density at radius 3 is 2.28 bits per heavy atom. The second-order valence-electron chi connectivity index (χ2n) is 7.99. The van der Waals surface area contributed by atoms with E-state index in [9.17, 15) is 14.4 Å². The predicted molar refractivity (Wildman–Crippen MR) is 137 cm³/mol. The van der Waals surface area contributed by atoms with E-state index in [1.165, 1.54) is 33.5 Å². The van der Waals surface area contributed by atoms with E-state index in [-0.39, 0.29) is 22.5 Å². The minimum atomic E-state index is -0.622. The molecule has 2 amide bonds. The molecule has 1 fully saturated rings. The van der Waals surface area contributed by atoms with Crippen molar-refractivity contribution in [2.45, 2.75) is 11.9 Å². The molecule has 4 rings (SSSR count). The fourth-order valence-corrected chi connectivity index (χ4v) is 5.12. The summed E-state index contributed by atoms with van der Waals surface area (Å²) in [6.45, 7) is 0.523. The molecule has 0 aromatic heterocycles. The molecule has 1 aliphatic rings. The smallest absolute Gasteiger partial charge is 0.340 e. The van der Waals surface area contributed by atoms with E-state index in [0.29, 0.717) is 29.4 Å². The van der Waals surface area contributed by atoms with Gasteiger partial charge in [-0.3, -0.25) is 9.59 Å². The number of rotatable bonds is 8. The van der Waals surface area contributed by atoms with Crippen molar-refractivity contribution in [2.24, 2.45) is 0 Å². The lowest BCUT2D eigenvalue weighted by Crippen LogP contribution is -2.27. The number of nitrogens with zero attached hydrogens (tertiary/aromatic N) is 1. The minimum Gasteiger partial charge on any atom is -0.493 e. The largest absolute Gasteiger partial charge is 0.493 e. The molecule has 186 valence electrons. The Morgan fingerprint density at radius 1 is 0.972 bits per heavy atom. The molecule has 0 radical (unpaired) electrons. The molecule has 1 atom stereocenters. The van der Waals surface area contributed by atoms with Gasteiger partial charge in [0.25, 0.3) is 5.91 Å². The van der Waals surface area contributed by atoms with Crippen LogP contribution in [0.2, 0.25) is 0 Å². The van der Waals surface area contributed by atoms with Crippen LogP contribution in [0.4, 0.5) is 5.69 Å². The van der Waals surface area contributed by atoms with Gasteiger partial charge < -0.3 is 24.4 Å². The van der Waals surface area contributed by atoms with Gasteiger partial charge in [-0.05, 0) is 23.3 Å². The second-order valence-corrected chi connectivity index (χ2v) is 9.06. The topological polar surface area (TPSA) is 94.2 Å². The fourth-order valence-electron chi connectivity index (χ4n) is 3.94. The Hall–Kier alpha value is -3.98. The highest BCUT2D eigenvalue weighted by Crippen LogP contribution is 2.40. The average Bonchev–Trinajstić information content (AvgIpc) is 3.28. The molecule has 0 saturated carbocycles. The molecular weight excluding hydrogens is 480 g/mol. The van der Waals surface area contributed by atoms with Crippen LogP contribution in [0.3, 0.4) is 0 Å². The number of amides is 2. The summed E-state index contributed by atoms with van der Waals surface area (Å²) < 4.78 is 15.4. The van der Waals surface area contributed by atoms with Crippen LogP contribution in [0.25, 0.3) is 0 Å². The van der Waals surface area contributed by atoms with Gasteiger partial charge in [0.1, 0.15) is 5.37 Å². The molecule has 1 N–H and O–H groups in total. The summed E-state index contributed by atoms with van der Waals surface area (Å²) in [5, 5.41) is 2.63. The summed E-state index contributed by atoms with van der Waals surface area (Å²) in [6.07, 6.45) is 0. The normalized spacial score (nSPS) is 14.9. The van der Waals surface area contributed by atoms with E-state index in [2.05, 4.69) is 5.32 Å². The van der Waals surface area contributed by atoms with Crippen molar-refractivity contribution in [1.82, 2.24) is 4.90 Å². The molecule has 0 spiro atoms. The quantitative estimate of drug-likeness (QED) is 0.449. The number of esters is 1. The summed E-state index contributed by atoms with van der Waals surface area (Å²) in [5.41, 5.74) is 2.76. The van der Waals surface area contributed by atoms with Gasteiger partial charge >= 0.3 is 5.97 Å². The van der Waals surface area contributed by atoms with E-state index in [0.717, 1.165) is 11.1 Å². The SMILES string of the molecule is COC(=O)c1cc(OC)c(OC)cc1NC(=O)c1ccc([C@H]2SCC(=O)N2Cc2ccccc2)cc1. The van der Waals surface area contributed by atoms with E-state index < -0.39 is 11.9 Å². The number of carbonyl (C=O) groups is 3. The highest BCUT2D eigenvalue weighted by atomic mass is 32.2. The van der Waals surface area contributed by atoms with Crippen LogP contribution in [-0.2, 0) is 16.1 Å². The van der Waals surface area contributed by atoms with Crippen LogP contribution in [0, 0.1) is 0 Å². The second kappa shape index (κ2) is 11.2. The van der Waals surface area contributed by atoms with Crippen LogP contribution in [-0.4, -0.2) is 49.8 Å². The van der Waals surface area contributed by atoms with Crippen molar-refractivity contribution in [3.8, 4) is 11.5 Å². The number of hydrogen-bond acceptors (Lipinski definition) is 7. The minimum absolute atomic E-state index is 0.0828. The first-order valence-electron chi connectivity index (χ1n) is 11.2. The van der Waals surface area contributed by atoms with Crippen LogP contribution < -0.4 is 14.8 Å². The van der Waals surface area contributed by atoms with Crippen molar-refractivity contribution >= 4 is 35.2 Å². The Balaban J connectivity index is 1.53. The fraction of sp³-hybridized carbons (Fsp3) is 0.222. The number of thioether (sulfide) groups is 1. The Bertz CT molecular complexity index is 1260. The number of methoxy groups -OCH3 is 3. The number of hydrogen-bond donors (Lipinski definition) is 1. The zero-order chi connectivity index (χ0) is 25.7. The van der Waals surface area contributed by atoms with Crippen molar-refractivity contribution in [1.29, 1.82) is 0 Å². The first kappa shape index (κ1) is 25.1. The maximum atomic E-state index is 13.0. The number of nitrogens with one attached hydrogen (secondary N) is 1. The predicted octanol–water partition coefficient (Wildman–Crippen LogP) is 4.52. The Morgan fingerprint density at radius 2 is 1.64 bits per heavy atom. The molecule has 8 nitrogen and oxygen atoms in total. The molecule has 1 aliphatic heterocycles. The maximum absolute atomic E-state index is 13.0. The van der Waals surface area contributed by atoms with Gasteiger partial charge in [-0.15, -0.1) is 11.8 Å². The van der Waals surface area contributed by atoms with Gasteiger partial charge in [-0.1, -0.05) is 42.5 Å². The third-order valence-corrected chi connectivity index (χ3v) is 7.06. The lowest BCUT2D eigenvalue weighted by molar-refractivity contribution is -0.128. The zero-order valence-electron chi connectivity index (χ0n) is 20.1.